The number of amides is 1. The third-order valence-electron chi connectivity index (χ3n) is 3.17. The van der Waals surface area contributed by atoms with Gasteiger partial charge in [-0.2, -0.15) is 0 Å². The minimum atomic E-state index is -0.316. The number of hydrogen-bond acceptors (Lipinski definition) is 2. The third-order valence-corrected chi connectivity index (χ3v) is 3.17. The lowest BCUT2D eigenvalue weighted by Crippen LogP contribution is -2.42. The molecule has 0 aromatic carbocycles. The lowest BCUT2D eigenvalue weighted by molar-refractivity contribution is -0.156. The topological polar surface area (TPSA) is 38.3 Å². The first-order valence-corrected chi connectivity index (χ1v) is 5.88. The molecule has 0 saturated heterocycles. The van der Waals surface area contributed by atoms with Crippen molar-refractivity contribution in [3.63, 3.8) is 0 Å². The summed E-state index contributed by atoms with van der Waals surface area (Å²) < 4.78 is 0. The van der Waals surface area contributed by atoms with Crippen LogP contribution in [-0.4, -0.2) is 11.5 Å². The fraction of sp³-hybridized carbons (Fsp3) is 0.917. The zero-order valence-corrected chi connectivity index (χ0v) is 10.4. The Morgan fingerprint density at radius 3 is 2.27 bits per heavy atom. The highest BCUT2D eigenvalue weighted by molar-refractivity contribution is 5.81. The van der Waals surface area contributed by atoms with E-state index in [9.17, 15) is 4.79 Å². The maximum atomic E-state index is 12.0. The number of rotatable bonds is 3. The second-order valence-electron chi connectivity index (χ2n) is 5.49. The zero-order chi connectivity index (χ0) is 11.5. The van der Waals surface area contributed by atoms with Crippen LogP contribution in [0.3, 0.4) is 0 Å². The van der Waals surface area contributed by atoms with Crippen LogP contribution in [0, 0.1) is 5.41 Å². The molecule has 0 aliphatic heterocycles. The summed E-state index contributed by atoms with van der Waals surface area (Å²) in [4.78, 5) is 17.3. The summed E-state index contributed by atoms with van der Waals surface area (Å²) >= 11 is 0. The van der Waals surface area contributed by atoms with Gasteiger partial charge in [-0.05, 0) is 40.0 Å². The molecule has 1 fully saturated rings. The van der Waals surface area contributed by atoms with Crippen LogP contribution in [0.4, 0.5) is 0 Å². The largest absolute Gasteiger partial charge is 0.272 e. The van der Waals surface area contributed by atoms with E-state index in [-0.39, 0.29) is 16.9 Å². The Kier molecular flexibility index (Phi) is 3.77. The molecule has 0 heterocycles. The Hall–Kier alpha value is -0.570. The molecule has 0 aromatic heterocycles. The molecular weight excluding hydrogens is 190 g/mol. The molecule has 1 N–H and O–H groups in total. The average molecular weight is 213 g/mol. The maximum Gasteiger partial charge on any atom is 0.249 e. The minimum Gasteiger partial charge on any atom is -0.272 e. The van der Waals surface area contributed by atoms with E-state index in [0.29, 0.717) is 0 Å². The second kappa shape index (κ2) is 4.52. The Morgan fingerprint density at radius 2 is 1.87 bits per heavy atom. The van der Waals surface area contributed by atoms with Crippen LogP contribution in [0.2, 0.25) is 0 Å². The van der Waals surface area contributed by atoms with Crippen molar-refractivity contribution in [2.24, 2.45) is 5.41 Å². The molecule has 1 aliphatic rings. The Balaban J connectivity index is 2.51. The van der Waals surface area contributed by atoms with Gasteiger partial charge in [0.05, 0.1) is 11.0 Å². The minimum absolute atomic E-state index is 0.0671. The maximum absolute atomic E-state index is 12.0. The second-order valence-corrected chi connectivity index (χ2v) is 5.49. The van der Waals surface area contributed by atoms with Crippen LogP contribution in [0.25, 0.3) is 0 Å². The zero-order valence-electron chi connectivity index (χ0n) is 10.4. The molecule has 0 aromatic rings. The molecular formula is C12H23NO2. The molecule has 1 saturated carbocycles. The Labute approximate surface area is 92.5 Å². The van der Waals surface area contributed by atoms with Crippen molar-refractivity contribution in [3.8, 4) is 0 Å². The van der Waals surface area contributed by atoms with Crippen LogP contribution in [0.5, 0.6) is 0 Å². The van der Waals surface area contributed by atoms with Crippen LogP contribution in [-0.2, 0) is 9.63 Å². The van der Waals surface area contributed by atoms with Crippen molar-refractivity contribution in [1.29, 1.82) is 0 Å². The summed E-state index contributed by atoms with van der Waals surface area (Å²) in [6.07, 6.45) is 5.24. The van der Waals surface area contributed by atoms with Gasteiger partial charge in [-0.1, -0.05) is 19.8 Å². The van der Waals surface area contributed by atoms with E-state index in [0.717, 1.165) is 32.1 Å². The van der Waals surface area contributed by atoms with Gasteiger partial charge in [0.25, 0.3) is 0 Å². The third kappa shape index (κ3) is 3.20. The van der Waals surface area contributed by atoms with Gasteiger partial charge in [-0.25, -0.2) is 5.48 Å². The summed E-state index contributed by atoms with van der Waals surface area (Å²) in [5.41, 5.74) is 2.14. The molecule has 88 valence electrons. The lowest BCUT2D eigenvalue weighted by Gasteiger charge is -2.28. The molecule has 1 rings (SSSR count). The Bertz CT molecular complexity index is 224. The fourth-order valence-corrected chi connectivity index (χ4v) is 2.10. The van der Waals surface area contributed by atoms with Gasteiger partial charge in [0.15, 0.2) is 0 Å². The highest BCUT2D eigenvalue weighted by atomic mass is 16.7. The lowest BCUT2D eigenvalue weighted by atomic mass is 9.83. The van der Waals surface area contributed by atoms with Crippen molar-refractivity contribution in [3.05, 3.63) is 0 Å². The van der Waals surface area contributed by atoms with Crippen LogP contribution in [0.1, 0.15) is 59.8 Å². The average Bonchev–Trinajstić information content (AvgIpc) is 2.62. The van der Waals surface area contributed by atoms with E-state index >= 15 is 0 Å². The monoisotopic (exact) mass is 213 g/mol. The molecule has 0 unspecified atom stereocenters. The van der Waals surface area contributed by atoms with Crippen molar-refractivity contribution in [2.75, 3.05) is 0 Å². The van der Waals surface area contributed by atoms with Crippen molar-refractivity contribution < 1.29 is 9.63 Å². The van der Waals surface area contributed by atoms with Gasteiger partial charge in [-0.3, -0.25) is 9.63 Å². The predicted octanol–water partition coefficient (Wildman–Crippen LogP) is 2.80. The first-order chi connectivity index (χ1) is 6.90. The predicted molar refractivity (Wildman–Crippen MR) is 60.2 cm³/mol. The molecule has 0 radical (unpaired) electrons. The van der Waals surface area contributed by atoms with Crippen molar-refractivity contribution in [2.45, 2.75) is 65.4 Å². The van der Waals surface area contributed by atoms with Crippen molar-refractivity contribution >= 4 is 5.91 Å². The van der Waals surface area contributed by atoms with E-state index in [1.54, 1.807) is 0 Å². The highest BCUT2D eigenvalue weighted by Crippen LogP contribution is 2.41. The van der Waals surface area contributed by atoms with Crippen LogP contribution in [0.15, 0.2) is 0 Å². The summed E-state index contributed by atoms with van der Waals surface area (Å²) in [5.74, 6) is 0.0671. The number of carbonyl (C=O) groups excluding carboxylic acids is 1. The van der Waals surface area contributed by atoms with Crippen molar-refractivity contribution in [1.82, 2.24) is 5.48 Å². The first-order valence-electron chi connectivity index (χ1n) is 5.88. The van der Waals surface area contributed by atoms with Gasteiger partial charge in [0.1, 0.15) is 0 Å². The van der Waals surface area contributed by atoms with Gasteiger partial charge >= 0.3 is 0 Å². The van der Waals surface area contributed by atoms with E-state index in [2.05, 4.69) is 12.4 Å². The number of hydrogen-bond donors (Lipinski definition) is 1. The molecule has 15 heavy (non-hydrogen) atoms. The smallest absolute Gasteiger partial charge is 0.249 e. The van der Waals surface area contributed by atoms with E-state index in [1.807, 2.05) is 20.8 Å². The van der Waals surface area contributed by atoms with Crippen LogP contribution >= 0.6 is 0 Å². The van der Waals surface area contributed by atoms with E-state index < -0.39 is 0 Å². The van der Waals surface area contributed by atoms with Gasteiger partial charge in [0.2, 0.25) is 5.91 Å². The molecule has 0 bridgehead atoms. The molecule has 0 spiro atoms. The normalized spacial score (nSPS) is 20.3. The molecule has 1 amide bonds. The quantitative estimate of drug-likeness (QED) is 0.732. The fourth-order valence-electron chi connectivity index (χ4n) is 2.10. The summed E-state index contributed by atoms with van der Waals surface area (Å²) in [7, 11) is 0. The molecule has 3 nitrogen and oxygen atoms in total. The van der Waals surface area contributed by atoms with E-state index in [1.165, 1.54) is 0 Å². The summed E-state index contributed by atoms with van der Waals surface area (Å²) in [6.45, 7) is 7.88. The standard InChI is InChI=1S/C12H23NO2/c1-5-12(8-6-7-9-12)10(14)13-15-11(2,3)4/h5-9H2,1-4H3,(H,13,14). The first kappa shape index (κ1) is 12.5. The summed E-state index contributed by atoms with van der Waals surface area (Å²) in [5, 5.41) is 0. The Morgan fingerprint density at radius 1 is 1.33 bits per heavy atom. The number of carbonyl (C=O) groups is 1. The summed E-state index contributed by atoms with van der Waals surface area (Å²) in [6, 6.07) is 0. The number of nitrogens with one attached hydrogen (secondary N) is 1. The highest BCUT2D eigenvalue weighted by Gasteiger charge is 2.39. The van der Waals surface area contributed by atoms with Gasteiger partial charge < -0.3 is 0 Å². The SMILES string of the molecule is CCC1(C(=O)NOC(C)(C)C)CCCC1. The van der Waals surface area contributed by atoms with Crippen LogP contribution < -0.4 is 5.48 Å². The number of hydroxylamine groups is 1. The molecule has 3 heteroatoms. The van der Waals surface area contributed by atoms with Gasteiger partial charge in [-0.15, -0.1) is 0 Å². The molecule has 0 atom stereocenters. The van der Waals surface area contributed by atoms with Gasteiger partial charge in [0, 0.05) is 0 Å². The van der Waals surface area contributed by atoms with E-state index in [4.69, 9.17) is 4.84 Å². The molecule has 1 aliphatic carbocycles.